The molecule has 0 fully saturated rings. The number of pyridine rings is 1. The average Bonchev–Trinajstić information content (AvgIpc) is 2.60. The standard InChI is InChI=1S/C18H20N2O3/c1-3-23-16-8-4-14(5-9-16)6-10-17(21)19-12-15-7-11-18(22-2)20-13-15/h4-11,13H,3,12H2,1-2H3,(H,19,21)/b10-6+. The molecule has 2 rings (SSSR count). The van der Waals surface area contributed by atoms with Crippen molar-refractivity contribution >= 4 is 12.0 Å². The molecule has 1 N–H and O–H groups in total. The largest absolute Gasteiger partial charge is 0.494 e. The van der Waals surface area contributed by atoms with E-state index in [1.165, 1.54) is 6.08 Å². The Balaban J connectivity index is 1.83. The molecule has 0 unspecified atom stereocenters. The second-order valence-electron chi connectivity index (χ2n) is 4.76. The van der Waals surface area contributed by atoms with Crippen LogP contribution in [0.5, 0.6) is 11.6 Å². The van der Waals surface area contributed by atoms with Crippen molar-refractivity contribution in [3.63, 3.8) is 0 Å². The summed E-state index contributed by atoms with van der Waals surface area (Å²) in [6.45, 7) is 3.00. The van der Waals surface area contributed by atoms with Crippen LogP contribution in [-0.4, -0.2) is 24.6 Å². The monoisotopic (exact) mass is 312 g/mol. The number of nitrogens with zero attached hydrogens (tertiary/aromatic N) is 1. The van der Waals surface area contributed by atoms with Gasteiger partial charge in [0.15, 0.2) is 0 Å². The molecule has 0 atom stereocenters. The van der Waals surface area contributed by atoms with Gasteiger partial charge in [0.25, 0.3) is 0 Å². The minimum absolute atomic E-state index is 0.158. The Hall–Kier alpha value is -2.82. The van der Waals surface area contributed by atoms with E-state index < -0.39 is 0 Å². The number of ether oxygens (including phenoxy) is 2. The molecule has 120 valence electrons. The number of nitrogens with one attached hydrogen (secondary N) is 1. The molecule has 0 spiro atoms. The Morgan fingerprint density at radius 2 is 2.00 bits per heavy atom. The molecule has 1 amide bonds. The lowest BCUT2D eigenvalue weighted by Gasteiger charge is -2.04. The van der Waals surface area contributed by atoms with Crippen LogP contribution in [0.15, 0.2) is 48.7 Å². The lowest BCUT2D eigenvalue weighted by Crippen LogP contribution is -2.20. The van der Waals surface area contributed by atoms with Gasteiger partial charge in [-0.2, -0.15) is 0 Å². The van der Waals surface area contributed by atoms with Crippen LogP contribution >= 0.6 is 0 Å². The van der Waals surface area contributed by atoms with Crippen molar-refractivity contribution < 1.29 is 14.3 Å². The zero-order valence-corrected chi connectivity index (χ0v) is 13.3. The molecule has 2 aromatic rings. The Morgan fingerprint density at radius 3 is 2.61 bits per heavy atom. The van der Waals surface area contributed by atoms with E-state index >= 15 is 0 Å². The second kappa shape index (κ2) is 8.58. The number of rotatable bonds is 7. The number of amides is 1. The number of hydrogen-bond donors (Lipinski definition) is 1. The molecule has 0 radical (unpaired) electrons. The van der Waals surface area contributed by atoms with E-state index in [1.54, 1.807) is 25.4 Å². The number of carbonyl (C=O) groups excluding carboxylic acids is 1. The molecule has 0 aliphatic heterocycles. The predicted molar refractivity (Wildman–Crippen MR) is 89.3 cm³/mol. The molecule has 1 aromatic carbocycles. The summed E-state index contributed by atoms with van der Waals surface area (Å²) >= 11 is 0. The molecule has 0 bridgehead atoms. The van der Waals surface area contributed by atoms with Gasteiger partial charge in [0.2, 0.25) is 11.8 Å². The first-order valence-electron chi connectivity index (χ1n) is 7.39. The van der Waals surface area contributed by atoms with Gasteiger partial charge in [-0.25, -0.2) is 4.98 Å². The summed E-state index contributed by atoms with van der Waals surface area (Å²) in [6, 6.07) is 11.2. The van der Waals surface area contributed by atoms with E-state index in [9.17, 15) is 4.79 Å². The summed E-state index contributed by atoms with van der Waals surface area (Å²) in [7, 11) is 1.56. The zero-order valence-electron chi connectivity index (χ0n) is 13.3. The molecular formula is C18H20N2O3. The summed E-state index contributed by atoms with van der Waals surface area (Å²) in [5, 5.41) is 2.81. The average molecular weight is 312 g/mol. The fraction of sp³-hybridized carbons (Fsp3) is 0.222. The highest BCUT2D eigenvalue weighted by Crippen LogP contribution is 2.13. The van der Waals surface area contributed by atoms with Crippen molar-refractivity contribution in [2.75, 3.05) is 13.7 Å². The Labute approximate surface area is 136 Å². The van der Waals surface area contributed by atoms with Crippen molar-refractivity contribution in [3.8, 4) is 11.6 Å². The SMILES string of the molecule is CCOc1ccc(/C=C/C(=O)NCc2ccc(OC)nc2)cc1. The predicted octanol–water partition coefficient (Wildman–Crippen LogP) is 2.82. The fourth-order valence-corrected chi connectivity index (χ4v) is 1.90. The lowest BCUT2D eigenvalue weighted by atomic mass is 10.2. The summed E-state index contributed by atoms with van der Waals surface area (Å²) in [6.07, 6.45) is 4.94. The first-order chi connectivity index (χ1) is 11.2. The van der Waals surface area contributed by atoms with E-state index in [1.807, 2.05) is 37.3 Å². The van der Waals surface area contributed by atoms with Crippen LogP contribution in [0.4, 0.5) is 0 Å². The highest BCUT2D eigenvalue weighted by Gasteiger charge is 1.99. The summed E-state index contributed by atoms with van der Waals surface area (Å²) in [5.74, 6) is 1.21. The number of benzene rings is 1. The highest BCUT2D eigenvalue weighted by atomic mass is 16.5. The van der Waals surface area contributed by atoms with Gasteiger partial charge < -0.3 is 14.8 Å². The third kappa shape index (κ3) is 5.47. The Morgan fingerprint density at radius 1 is 1.22 bits per heavy atom. The van der Waals surface area contributed by atoms with Crippen molar-refractivity contribution in [2.24, 2.45) is 0 Å². The van der Waals surface area contributed by atoms with Crippen LogP contribution in [-0.2, 0) is 11.3 Å². The number of methoxy groups -OCH3 is 1. The van der Waals surface area contributed by atoms with Gasteiger partial charge in [0.1, 0.15) is 5.75 Å². The van der Waals surface area contributed by atoms with Crippen LogP contribution in [0.3, 0.4) is 0 Å². The van der Waals surface area contributed by atoms with E-state index in [0.717, 1.165) is 16.9 Å². The molecule has 0 saturated carbocycles. The van der Waals surface area contributed by atoms with Gasteiger partial charge in [-0.15, -0.1) is 0 Å². The van der Waals surface area contributed by atoms with Crippen LogP contribution in [0.1, 0.15) is 18.1 Å². The highest BCUT2D eigenvalue weighted by molar-refractivity contribution is 5.91. The van der Waals surface area contributed by atoms with Crippen LogP contribution < -0.4 is 14.8 Å². The smallest absolute Gasteiger partial charge is 0.244 e. The number of carbonyl (C=O) groups is 1. The third-order valence-corrected chi connectivity index (χ3v) is 3.09. The first kappa shape index (κ1) is 16.5. The molecule has 5 heteroatoms. The van der Waals surface area contributed by atoms with Crippen molar-refractivity contribution in [1.82, 2.24) is 10.3 Å². The molecule has 23 heavy (non-hydrogen) atoms. The van der Waals surface area contributed by atoms with Gasteiger partial charge in [0.05, 0.1) is 13.7 Å². The topological polar surface area (TPSA) is 60.5 Å². The van der Waals surface area contributed by atoms with E-state index in [0.29, 0.717) is 19.0 Å². The number of aromatic nitrogens is 1. The molecule has 1 aromatic heterocycles. The quantitative estimate of drug-likeness (QED) is 0.799. The lowest BCUT2D eigenvalue weighted by molar-refractivity contribution is -0.116. The molecule has 5 nitrogen and oxygen atoms in total. The van der Waals surface area contributed by atoms with Gasteiger partial charge in [-0.1, -0.05) is 18.2 Å². The molecule has 1 heterocycles. The summed E-state index contributed by atoms with van der Waals surface area (Å²) in [5.41, 5.74) is 1.85. The third-order valence-electron chi connectivity index (χ3n) is 3.09. The molecule has 0 aliphatic rings. The summed E-state index contributed by atoms with van der Waals surface area (Å²) < 4.78 is 10.4. The van der Waals surface area contributed by atoms with E-state index in [4.69, 9.17) is 9.47 Å². The minimum Gasteiger partial charge on any atom is -0.494 e. The van der Waals surface area contributed by atoms with Crippen molar-refractivity contribution in [1.29, 1.82) is 0 Å². The maximum absolute atomic E-state index is 11.8. The van der Waals surface area contributed by atoms with Gasteiger partial charge in [-0.05, 0) is 36.3 Å². The van der Waals surface area contributed by atoms with Crippen LogP contribution in [0.25, 0.3) is 6.08 Å². The number of hydrogen-bond acceptors (Lipinski definition) is 4. The normalized spacial score (nSPS) is 10.5. The van der Waals surface area contributed by atoms with E-state index in [2.05, 4.69) is 10.3 Å². The fourth-order valence-electron chi connectivity index (χ4n) is 1.90. The molecular weight excluding hydrogens is 292 g/mol. The minimum atomic E-state index is -0.158. The van der Waals surface area contributed by atoms with Crippen LogP contribution in [0.2, 0.25) is 0 Å². The summed E-state index contributed by atoms with van der Waals surface area (Å²) in [4.78, 5) is 15.9. The van der Waals surface area contributed by atoms with Crippen molar-refractivity contribution in [3.05, 3.63) is 59.8 Å². The van der Waals surface area contributed by atoms with Gasteiger partial charge >= 0.3 is 0 Å². The molecule has 0 aliphatic carbocycles. The second-order valence-corrected chi connectivity index (χ2v) is 4.76. The van der Waals surface area contributed by atoms with E-state index in [-0.39, 0.29) is 5.91 Å². The Bertz CT molecular complexity index is 649. The maximum Gasteiger partial charge on any atom is 0.244 e. The van der Waals surface area contributed by atoms with Crippen molar-refractivity contribution in [2.45, 2.75) is 13.5 Å². The first-order valence-corrected chi connectivity index (χ1v) is 7.39. The van der Waals surface area contributed by atoms with Gasteiger partial charge in [0, 0.05) is 24.9 Å². The van der Waals surface area contributed by atoms with Crippen LogP contribution in [0, 0.1) is 0 Å². The zero-order chi connectivity index (χ0) is 16.5. The molecule has 0 saturated heterocycles. The Kier molecular flexibility index (Phi) is 6.17. The van der Waals surface area contributed by atoms with Gasteiger partial charge in [-0.3, -0.25) is 4.79 Å². The maximum atomic E-state index is 11.8.